The molecule has 0 spiro atoms. The van der Waals surface area contributed by atoms with Gasteiger partial charge in [-0.2, -0.15) is 0 Å². The Balaban J connectivity index is 1.89. The fourth-order valence-corrected chi connectivity index (χ4v) is 2.85. The fourth-order valence-electron chi connectivity index (χ4n) is 2.85. The number of nitrogens with zero attached hydrogens (tertiary/aromatic N) is 1. The predicted octanol–water partition coefficient (Wildman–Crippen LogP) is 3.06. The molecule has 0 atom stereocenters. The minimum Gasteiger partial charge on any atom is -0.492 e. The average molecular weight is 318 g/mol. The van der Waals surface area contributed by atoms with E-state index in [1.54, 1.807) is 0 Å². The van der Waals surface area contributed by atoms with Crippen LogP contribution in [-0.4, -0.2) is 36.4 Å². The highest BCUT2D eigenvalue weighted by Gasteiger charge is 2.27. The number of benzene rings is 1. The van der Waals surface area contributed by atoms with E-state index in [0.717, 1.165) is 19.3 Å². The second kappa shape index (κ2) is 8.56. The largest absolute Gasteiger partial charge is 0.492 e. The molecule has 0 bridgehead atoms. The third-order valence-corrected chi connectivity index (χ3v) is 4.13. The van der Waals surface area contributed by atoms with Gasteiger partial charge in [-0.05, 0) is 38.3 Å². The molecule has 1 aliphatic heterocycles. The van der Waals surface area contributed by atoms with E-state index in [1.807, 2.05) is 43.0 Å². The lowest BCUT2D eigenvalue weighted by molar-refractivity contribution is -0.134. The zero-order chi connectivity index (χ0) is 16.7. The van der Waals surface area contributed by atoms with Crippen LogP contribution < -0.4 is 10.1 Å². The van der Waals surface area contributed by atoms with E-state index in [4.69, 9.17) is 4.74 Å². The van der Waals surface area contributed by atoms with Gasteiger partial charge in [-0.15, -0.1) is 0 Å². The van der Waals surface area contributed by atoms with Crippen LogP contribution in [0.15, 0.2) is 24.3 Å². The Kier molecular flexibility index (Phi) is 6.44. The molecule has 2 amide bonds. The molecule has 5 heteroatoms. The molecular weight excluding hydrogens is 292 g/mol. The van der Waals surface area contributed by atoms with Gasteiger partial charge in [0.25, 0.3) is 0 Å². The predicted molar refractivity (Wildman–Crippen MR) is 90.5 cm³/mol. The maximum absolute atomic E-state index is 12.5. The number of carbonyl (C=O) groups excluding carboxylic acids is 2. The summed E-state index contributed by atoms with van der Waals surface area (Å²) in [5.74, 6) is 0.863. The third-order valence-electron chi connectivity index (χ3n) is 4.13. The van der Waals surface area contributed by atoms with Crippen LogP contribution in [0, 0.1) is 5.92 Å². The molecule has 0 radical (unpaired) electrons. The third kappa shape index (κ3) is 4.71. The van der Waals surface area contributed by atoms with Crippen LogP contribution in [0.25, 0.3) is 0 Å². The number of amides is 2. The number of hydrogen-bond acceptors (Lipinski definition) is 3. The molecule has 1 aromatic carbocycles. The smallest absolute Gasteiger partial charge is 0.227 e. The van der Waals surface area contributed by atoms with E-state index in [-0.39, 0.29) is 17.7 Å². The molecule has 23 heavy (non-hydrogen) atoms. The Labute approximate surface area is 138 Å². The van der Waals surface area contributed by atoms with Crippen LogP contribution >= 0.6 is 0 Å². The molecule has 1 fully saturated rings. The van der Waals surface area contributed by atoms with E-state index < -0.39 is 0 Å². The van der Waals surface area contributed by atoms with Gasteiger partial charge < -0.3 is 15.0 Å². The minimum atomic E-state index is -0.0460. The molecule has 1 heterocycles. The molecule has 5 nitrogen and oxygen atoms in total. The molecule has 1 aromatic rings. The van der Waals surface area contributed by atoms with Crippen molar-refractivity contribution >= 4 is 17.5 Å². The highest BCUT2D eigenvalue weighted by molar-refractivity contribution is 5.94. The standard InChI is InChI=1S/C18H26N2O3/c1-3-7-17(21)20-12-10-14(11-13-20)18(22)19-15-8-5-6-9-16(15)23-4-2/h5-6,8-9,14H,3-4,7,10-13H2,1-2H3,(H,19,22). The number of anilines is 1. The topological polar surface area (TPSA) is 58.6 Å². The van der Waals surface area contributed by atoms with Crippen LogP contribution in [0.2, 0.25) is 0 Å². The average Bonchev–Trinajstić information content (AvgIpc) is 2.57. The van der Waals surface area contributed by atoms with Gasteiger partial charge in [0.2, 0.25) is 11.8 Å². The summed E-state index contributed by atoms with van der Waals surface area (Å²) in [7, 11) is 0. The lowest BCUT2D eigenvalue weighted by Gasteiger charge is -2.31. The molecule has 2 rings (SSSR count). The first-order valence-electron chi connectivity index (χ1n) is 8.46. The van der Waals surface area contributed by atoms with Gasteiger partial charge in [0.1, 0.15) is 5.75 Å². The van der Waals surface area contributed by atoms with Crippen LogP contribution in [0.3, 0.4) is 0 Å². The van der Waals surface area contributed by atoms with E-state index >= 15 is 0 Å². The van der Waals surface area contributed by atoms with Gasteiger partial charge in [0, 0.05) is 25.4 Å². The zero-order valence-corrected chi connectivity index (χ0v) is 14.0. The van der Waals surface area contributed by atoms with Crippen LogP contribution in [0.5, 0.6) is 5.75 Å². The Morgan fingerprint density at radius 2 is 1.91 bits per heavy atom. The van der Waals surface area contributed by atoms with Gasteiger partial charge in [0.05, 0.1) is 12.3 Å². The number of ether oxygens (including phenoxy) is 1. The van der Waals surface area contributed by atoms with Gasteiger partial charge in [-0.25, -0.2) is 0 Å². The monoisotopic (exact) mass is 318 g/mol. The first-order valence-corrected chi connectivity index (χ1v) is 8.46. The van der Waals surface area contributed by atoms with E-state index in [1.165, 1.54) is 0 Å². The molecular formula is C18H26N2O3. The highest BCUT2D eigenvalue weighted by atomic mass is 16.5. The lowest BCUT2D eigenvalue weighted by Crippen LogP contribution is -2.41. The van der Waals surface area contributed by atoms with Crippen molar-refractivity contribution in [1.29, 1.82) is 0 Å². The Hall–Kier alpha value is -2.04. The summed E-state index contributed by atoms with van der Waals surface area (Å²) in [6.07, 6.45) is 2.90. The Morgan fingerprint density at radius 3 is 2.57 bits per heavy atom. The van der Waals surface area contributed by atoms with Crippen LogP contribution in [0.1, 0.15) is 39.5 Å². The second-order valence-corrected chi connectivity index (χ2v) is 5.82. The summed E-state index contributed by atoms with van der Waals surface area (Å²) >= 11 is 0. The summed E-state index contributed by atoms with van der Waals surface area (Å²) in [6.45, 7) is 5.83. The SMILES string of the molecule is CCCC(=O)N1CCC(C(=O)Nc2ccccc2OCC)CC1. The second-order valence-electron chi connectivity index (χ2n) is 5.82. The molecule has 0 aliphatic carbocycles. The van der Waals surface area contributed by atoms with Crippen molar-refractivity contribution in [1.82, 2.24) is 4.90 Å². The van der Waals surface area contributed by atoms with E-state index in [0.29, 0.717) is 37.6 Å². The minimum absolute atomic E-state index is 0.0137. The van der Waals surface area contributed by atoms with Crippen molar-refractivity contribution in [2.24, 2.45) is 5.92 Å². The van der Waals surface area contributed by atoms with Gasteiger partial charge in [0.15, 0.2) is 0 Å². The maximum atomic E-state index is 12.5. The first-order chi connectivity index (χ1) is 11.2. The summed E-state index contributed by atoms with van der Waals surface area (Å²) in [4.78, 5) is 26.2. The molecule has 0 unspecified atom stereocenters. The van der Waals surface area contributed by atoms with Crippen LogP contribution in [-0.2, 0) is 9.59 Å². The number of hydrogen-bond donors (Lipinski definition) is 1. The summed E-state index contributed by atoms with van der Waals surface area (Å²) in [5.41, 5.74) is 0.712. The number of likely N-dealkylation sites (tertiary alicyclic amines) is 1. The maximum Gasteiger partial charge on any atom is 0.227 e. The van der Waals surface area contributed by atoms with Crippen molar-refractivity contribution in [3.63, 3.8) is 0 Å². The van der Waals surface area contributed by atoms with Crippen molar-refractivity contribution in [2.45, 2.75) is 39.5 Å². The van der Waals surface area contributed by atoms with Gasteiger partial charge >= 0.3 is 0 Å². The van der Waals surface area contributed by atoms with E-state index in [2.05, 4.69) is 5.32 Å². The summed E-state index contributed by atoms with van der Waals surface area (Å²) < 4.78 is 5.53. The molecule has 126 valence electrons. The molecule has 1 N–H and O–H groups in total. The summed E-state index contributed by atoms with van der Waals surface area (Å²) in [5, 5.41) is 2.97. The number of carbonyl (C=O) groups is 2. The zero-order valence-electron chi connectivity index (χ0n) is 14.0. The van der Waals surface area contributed by atoms with Crippen molar-refractivity contribution < 1.29 is 14.3 Å². The Bertz CT molecular complexity index is 537. The highest BCUT2D eigenvalue weighted by Crippen LogP contribution is 2.26. The molecule has 0 aromatic heterocycles. The number of piperidine rings is 1. The molecule has 1 aliphatic rings. The van der Waals surface area contributed by atoms with Crippen molar-refractivity contribution in [2.75, 3.05) is 25.0 Å². The fraction of sp³-hybridized carbons (Fsp3) is 0.556. The molecule has 1 saturated heterocycles. The Morgan fingerprint density at radius 1 is 1.22 bits per heavy atom. The van der Waals surface area contributed by atoms with E-state index in [9.17, 15) is 9.59 Å². The van der Waals surface area contributed by atoms with Crippen LogP contribution in [0.4, 0.5) is 5.69 Å². The number of nitrogens with one attached hydrogen (secondary N) is 1. The molecule has 0 saturated carbocycles. The van der Waals surface area contributed by atoms with Gasteiger partial charge in [-0.1, -0.05) is 19.1 Å². The van der Waals surface area contributed by atoms with Crippen molar-refractivity contribution in [3.05, 3.63) is 24.3 Å². The number of para-hydroxylation sites is 2. The first kappa shape index (κ1) is 17.3. The van der Waals surface area contributed by atoms with Crippen molar-refractivity contribution in [3.8, 4) is 5.75 Å². The lowest BCUT2D eigenvalue weighted by atomic mass is 9.95. The quantitative estimate of drug-likeness (QED) is 0.877. The summed E-state index contributed by atoms with van der Waals surface area (Å²) in [6, 6.07) is 7.47. The normalized spacial score (nSPS) is 15.3. The van der Waals surface area contributed by atoms with Gasteiger partial charge in [-0.3, -0.25) is 9.59 Å². The number of rotatable bonds is 6.